The first-order valence-corrected chi connectivity index (χ1v) is 6.92. The molecule has 0 N–H and O–H groups in total. The van der Waals surface area contributed by atoms with Gasteiger partial charge in [-0.3, -0.25) is 9.69 Å². The van der Waals surface area contributed by atoms with E-state index in [0.717, 1.165) is 25.1 Å². The molecule has 3 heteroatoms. The van der Waals surface area contributed by atoms with E-state index in [0.29, 0.717) is 5.78 Å². The molecule has 2 bridgehead atoms. The van der Waals surface area contributed by atoms with Gasteiger partial charge in [-0.05, 0) is 50.1 Å². The number of benzene rings is 1. The van der Waals surface area contributed by atoms with Gasteiger partial charge in [0, 0.05) is 12.0 Å². The monoisotopic (exact) mass is 257 g/mol. The van der Waals surface area contributed by atoms with E-state index in [9.17, 15) is 4.79 Å². The van der Waals surface area contributed by atoms with Crippen LogP contribution in [0.15, 0.2) is 18.2 Å². The lowest BCUT2D eigenvalue weighted by atomic mass is 9.63. The summed E-state index contributed by atoms with van der Waals surface area (Å²) in [4.78, 5) is 15.1. The molecular formula is C16H19NO2. The van der Waals surface area contributed by atoms with E-state index in [1.807, 2.05) is 6.07 Å². The SMILES string of the molecule is COc1ccc2c(c1)C1(C)CC3(C2)CN(C)[C@H]3C1=O. The van der Waals surface area contributed by atoms with Crippen molar-refractivity contribution < 1.29 is 9.53 Å². The van der Waals surface area contributed by atoms with Crippen molar-refractivity contribution in [2.45, 2.75) is 31.2 Å². The van der Waals surface area contributed by atoms with Crippen molar-refractivity contribution in [3.8, 4) is 5.75 Å². The third-order valence-corrected chi connectivity index (χ3v) is 5.54. The van der Waals surface area contributed by atoms with Crippen LogP contribution in [0.2, 0.25) is 0 Å². The van der Waals surface area contributed by atoms with Gasteiger partial charge in [0.2, 0.25) is 0 Å². The first-order chi connectivity index (χ1) is 9.00. The summed E-state index contributed by atoms with van der Waals surface area (Å²) >= 11 is 0. The van der Waals surface area contributed by atoms with Crippen LogP contribution in [-0.4, -0.2) is 37.4 Å². The van der Waals surface area contributed by atoms with Gasteiger partial charge < -0.3 is 4.74 Å². The number of likely N-dealkylation sites (N-methyl/N-ethyl adjacent to an activating group) is 1. The molecule has 1 aromatic carbocycles. The van der Waals surface area contributed by atoms with Crippen molar-refractivity contribution in [2.24, 2.45) is 5.41 Å². The predicted molar refractivity (Wildman–Crippen MR) is 72.5 cm³/mol. The zero-order chi connectivity index (χ0) is 13.4. The largest absolute Gasteiger partial charge is 0.497 e. The smallest absolute Gasteiger partial charge is 0.160 e. The molecule has 0 amide bonds. The molecule has 1 saturated carbocycles. The van der Waals surface area contributed by atoms with Crippen molar-refractivity contribution in [2.75, 3.05) is 20.7 Å². The maximum atomic E-state index is 12.9. The minimum absolute atomic E-state index is 0.135. The standard InChI is InChI=1S/C16H19NO2/c1-15-8-16(9-17(2)13(16)14(15)18)7-10-4-5-11(19-3)6-12(10)15/h4-6,13H,7-9H2,1-3H3/t13-,15?,16?/m0/s1. The lowest BCUT2D eigenvalue weighted by molar-refractivity contribution is -0.133. The highest BCUT2D eigenvalue weighted by molar-refractivity contribution is 5.99. The van der Waals surface area contributed by atoms with Crippen LogP contribution in [0.5, 0.6) is 5.75 Å². The molecule has 1 aromatic rings. The summed E-state index contributed by atoms with van der Waals surface area (Å²) in [5, 5.41) is 0. The number of ketones is 1. The number of carbonyl (C=O) groups is 1. The molecule has 1 aliphatic heterocycles. The molecule has 2 fully saturated rings. The first kappa shape index (κ1) is 11.5. The van der Waals surface area contributed by atoms with Gasteiger partial charge in [0.15, 0.2) is 5.78 Å². The number of ether oxygens (including phenoxy) is 1. The Bertz CT molecular complexity index is 596. The van der Waals surface area contributed by atoms with E-state index < -0.39 is 0 Å². The van der Waals surface area contributed by atoms with E-state index in [-0.39, 0.29) is 16.9 Å². The van der Waals surface area contributed by atoms with Crippen molar-refractivity contribution in [3.05, 3.63) is 29.3 Å². The third-order valence-electron chi connectivity index (χ3n) is 5.54. The summed E-state index contributed by atoms with van der Waals surface area (Å²) < 4.78 is 5.33. The summed E-state index contributed by atoms with van der Waals surface area (Å²) in [6.07, 6.45) is 2.05. The summed E-state index contributed by atoms with van der Waals surface area (Å²) in [6, 6.07) is 6.38. The lowest BCUT2D eigenvalue weighted by Gasteiger charge is -2.52. The average molecular weight is 257 g/mol. The Morgan fingerprint density at radius 2 is 2.21 bits per heavy atom. The molecule has 4 rings (SSSR count). The summed E-state index contributed by atoms with van der Waals surface area (Å²) in [6.45, 7) is 3.19. The molecule has 1 heterocycles. The Morgan fingerprint density at radius 3 is 2.89 bits per heavy atom. The molecule has 0 aromatic heterocycles. The maximum absolute atomic E-state index is 12.9. The normalized spacial score (nSPS) is 39.5. The number of rotatable bonds is 1. The molecule has 3 atom stereocenters. The van der Waals surface area contributed by atoms with Crippen molar-refractivity contribution >= 4 is 5.78 Å². The van der Waals surface area contributed by atoms with Gasteiger partial charge in [-0.25, -0.2) is 0 Å². The Labute approximate surface area is 113 Å². The lowest BCUT2D eigenvalue weighted by Crippen LogP contribution is -2.63. The Kier molecular flexibility index (Phi) is 1.94. The highest BCUT2D eigenvalue weighted by atomic mass is 16.5. The quantitative estimate of drug-likeness (QED) is 0.768. The van der Waals surface area contributed by atoms with Crippen LogP contribution >= 0.6 is 0 Å². The van der Waals surface area contributed by atoms with Gasteiger partial charge in [-0.2, -0.15) is 0 Å². The molecule has 2 unspecified atom stereocenters. The number of fused-ring (bicyclic) bond motifs is 3. The zero-order valence-corrected chi connectivity index (χ0v) is 11.7. The second kappa shape index (κ2) is 3.21. The fraction of sp³-hybridized carbons (Fsp3) is 0.562. The molecule has 2 aliphatic carbocycles. The van der Waals surface area contributed by atoms with E-state index in [1.54, 1.807) is 7.11 Å². The fourth-order valence-corrected chi connectivity index (χ4v) is 4.93. The van der Waals surface area contributed by atoms with E-state index in [1.165, 1.54) is 11.1 Å². The molecule has 3 nitrogen and oxygen atoms in total. The molecular weight excluding hydrogens is 238 g/mol. The first-order valence-electron chi connectivity index (χ1n) is 6.92. The second-order valence-electron chi connectivity index (χ2n) is 6.75. The van der Waals surface area contributed by atoms with Gasteiger partial charge in [-0.1, -0.05) is 6.07 Å². The van der Waals surface area contributed by atoms with Crippen molar-refractivity contribution in [1.82, 2.24) is 4.90 Å². The van der Waals surface area contributed by atoms with Crippen LogP contribution in [0.4, 0.5) is 0 Å². The van der Waals surface area contributed by atoms with Gasteiger partial charge in [0.05, 0.1) is 18.6 Å². The topological polar surface area (TPSA) is 29.5 Å². The van der Waals surface area contributed by atoms with Crippen LogP contribution in [-0.2, 0) is 16.6 Å². The maximum Gasteiger partial charge on any atom is 0.160 e. The molecule has 19 heavy (non-hydrogen) atoms. The highest BCUT2D eigenvalue weighted by Crippen LogP contribution is 2.61. The minimum Gasteiger partial charge on any atom is -0.497 e. The van der Waals surface area contributed by atoms with E-state index in [4.69, 9.17) is 4.74 Å². The van der Waals surface area contributed by atoms with Crippen LogP contribution in [0, 0.1) is 5.41 Å². The van der Waals surface area contributed by atoms with Crippen molar-refractivity contribution in [1.29, 1.82) is 0 Å². The molecule has 0 radical (unpaired) electrons. The van der Waals surface area contributed by atoms with E-state index >= 15 is 0 Å². The Hall–Kier alpha value is -1.35. The summed E-state index contributed by atoms with van der Waals surface area (Å²) in [7, 11) is 3.76. The Balaban J connectivity index is 1.91. The van der Waals surface area contributed by atoms with Gasteiger partial charge in [-0.15, -0.1) is 0 Å². The number of hydrogen-bond acceptors (Lipinski definition) is 3. The van der Waals surface area contributed by atoms with E-state index in [2.05, 4.69) is 31.0 Å². The summed E-state index contributed by atoms with van der Waals surface area (Å²) in [5.41, 5.74) is 2.45. The third kappa shape index (κ3) is 1.15. The number of likely N-dealkylation sites (tertiary alicyclic amines) is 1. The number of Topliss-reactive ketones (excluding diaryl/α,β-unsaturated/α-hetero) is 1. The van der Waals surface area contributed by atoms with Crippen LogP contribution in [0.25, 0.3) is 0 Å². The van der Waals surface area contributed by atoms with Gasteiger partial charge in [0.1, 0.15) is 5.75 Å². The number of nitrogens with zero attached hydrogens (tertiary/aromatic N) is 1. The second-order valence-corrected chi connectivity index (χ2v) is 6.75. The minimum atomic E-state index is -0.308. The van der Waals surface area contributed by atoms with Crippen LogP contribution in [0.3, 0.4) is 0 Å². The molecule has 1 spiro atoms. The average Bonchev–Trinajstić information content (AvgIpc) is 2.51. The predicted octanol–water partition coefficient (Wildman–Crippen LogP) is 1.78. The molecule has 100 valence electrons. The van der Waals surface area contributed by atoms with Gasteiger partial charge >= 0.3 is 0 Å². The fourth-order valence-electron chi connectivity index (χ4n) is 4.93. The number of methoxy groups -OCH3 is 1. The van der Waals surface area contributed by atoms with Gasteiger partial charge in [0.25, 0.3) is 0 Å². The van der Waals surface area contributed by atoms with Crippen LogP contribution < -0.4 is 4.74 Å². The number of hydrogen-bond donors (Lipinski definition) is 0. The number of carbonyl (C=O) groups excluding carboxylic acids is 1. The zero-order valence-electron chi connectivity index (χ0n) is 11.7. The molecule has 1 saturated heterocycles. The summed E-state index contributed by atoms with van der Waals surface area (Å²) in [5.74, 6) is 1.27. The highest BCUT2D eigenvalue weighted by Gasteiger charge is 2.68. The van der Waals surface area contributed by atoms with Crippen LogP contribution in [0.1, 0.15) is 24.5 Å². The Morgan fingerprint density at radius 1 is 1.42 bits per heavy atom. The van der Waals surface area contributed by atoms with Crippen molar-refractivity contribution in [3.63, 3.8) is 0 Å². The molecule has 3 aliphatic rings.